The average molecular weight is 279 g/mol. The minimum Gasteiger partial charge on any atom is -0.480 e. The van der Waals surface area contributed by atoms with E-state index in [9.17, 15) is 9.59 Å². The van der Waals surface area contributed by atoms with Crippen molar-refractivity contribution in [2.75, 3.05) is 20.0 Å². The molecule has 0 aliphatic rings. The minimum absolute atomic E-state index is 0.0277. The largest absolute Gasteiger partial charge is 0.480 e. The first-order valence-corrected chi connectivity index (χ1v) is 6.27. The Morgan fingerprint density at radius 1 is 1.39 bits per heavy atom. The maximum atomic E-state index is 11.8. The number of carboxylic acid groups (broad SMARTS) is 1. The number of hydrogen-bond donors (Lipinski definition) is 3. The standard InChI is InChI=1S/C11H21NO5S/c1-16-9(17-2)5-6-11(12,10(14)15)8(13)4-3-7-18/h9,18H,3-7,12H2,1-2H3,(H,14,15). The first-order chi connectivity index (χ1) is 8.42. The highest BCUT2D eigenvalue weighted by Gasteiger charge is 2.41. The zero-order valence-electron chi connectivity index (χ0n) is 10.7. The van der Waals surface area contributed by atoms with E-state index >= 15 is 0 Å². The lowest BCUT2D eigenvalue weighted by molar-refractivity contribution is -0.150. The number of ether oxygens (including phenoxy) is 2. The van der Waals surface area contributed by atoms with Crippen LogP contribution < -0.4 is 5.73 Å². The average Bonchev–Trinajstić information content (AvgIpc) is 2.36. The number of aliphatic carboxylic acids is 1. The van der Waals surface area contributed by atoms with E-state index in [1.807, 2.05) is 0 Å². The van der Waals surface area contributed by atoms with Gasteiger partial charge in [-0.25, -0.2) is 4.79 Å². The molecular formula is C11H21NO5S. The summed E-state index contributed by atoms with van der Waals surface area (Å²) < 4.78 is 9.88. The van der Waals surface area contributed by atoms with Crippen molar-refractivity contribution in [1.29, 1.82) is 0 Å². The van der Waals surface area contributed by atoms with Gasteiger partial charge >= 0.3 is 5.97 Å². The monoisotopic (exact) mass is 279 g/mol. The van der Waals surface area contributed by atoms with Gasteiger partial charge in [-0.1, -0.05) is 0 Å². The Morgan fingerprint density at radius 2 is 1.94 bits per heavy atom. The summed E-state index contributed by atoms with van der Waals surface area (Å²) in [6.45, 7) is 0. The van der Waals surface area contributed by atoms with Gasteiger partial charge in [-0.3, -0.25) is 4.79 Å². The smallest absolute Gasteiger partial charge is 0.331 e. The fourth-order valence-corrected chi connectivity index (χ4v) is 1.66. The third-order valence-electron chi connectivity index (χ3n) is 2.74. The normalized spacial score (nSPS) is 14.5. The van der Waals surface area contributed by atoms with E-state index in [1.165, 1.54) is 14.2 Å². The molecule has 0 fully saturated rings. The van der Waals surface area contributed by atoms with Crippen LogP contribution in [-0.4, -0.2) is 48.7 Å². The molecule has 0 spiro atoms. The molecule has 6 nitrogen and oxygen atoms in total. The van der Waals surface area contributed by atoms with Gasteiger partial charge in [0.25, 0.3) is 0 Å². The van der Waals surface area contributed by atoms with Crippen molar-refractivity contribution in [3.8, 4) is 0 Å². The first-order valence-electron chi connectivity index (χ1n) is 5.64. The van der Waals surface area contributed by atoms with Crippen LogP contribution in [0.2, 0.25) is 0 Å². The number of carboxylic acids is 1. The van der Waals surface area contributed by atoms with Gasteiger partial charge < -0.3 is 20.3 Å². The number of Topliss-reactive ketones (excluding diaryl/α,β-unsaturated/α-hetero) is 1. The Labute approximate surface area is 112 Å². The first kappa shape index (κ1) is 17.4. The van der Waals surface area contributed by atoms with Crippen LogP contribution in [-0.2, 0) is 19.1 Å². The number of rotatable bonds is 10. The molecule has 1 atom stereocenters. The minimum atomic E-state index is -1.88. The number of ketones is 1. The maximum Gasteiger partial charge on any atom is 0.331 e. The Kier molecular flexibility index (Phi) is 8.17. The summed E-state index contributed by atoms with van der Waals surface area (Å²) in [4.78, 5) is 23.0. The number of nitrogens with two attached hydrogens (primary N) is 1. The number of methoxy groups -OCH3 is 2. The zero-order valence-corrected chi connectivity index (χ0v) is 11.6. The molecular weight excluding hydrogens is 258 g/mol. The molecule has 18 heavy (non-hydrogen) atoms. The molecule has 106 valence electrons. The van der Waals surface area contributed by atoms with Crippen LogP contribution in [0.3, 0.4) is 0 Å². The number of hydrogen-bond acceptors (Lipinski definition) is 6. The van der Waals surface area contributed by atoms with Crippen molar-refractivity contribution in [2.24, 2.45) is 5.73 Å². The Balaban J connectivity index is 4.61. The van der Waals surface area contributed by atoms with Gasteiger partial charge in [0.2, 0.25) is 0 Å². The second kappa shape index (κ2) is 8.47. The lowest BCUT2D eigenvalue weighted by Crippen LogP contribution is -2.55. The number of thiol groups is 1. The van der Waals surface area contributed by atoms with Crippen LogP contribution in [0, 0.1) is 0 Å². The molecule has 1 unspecified atom stereocenters. The van der Waals surface area contributed by atoms with Gasteiger partial charge in [0.1, 0.15) is 0 Å². The summed E-state index contributed by atoms with van der Waals surface area (Å²) in [7, 11) is 2.88. The van der Waals surface area contributed by atoms with Crippen molar-refractivity contribution in [2.45, 2.75) is 37.5 Å². The van der Waals surface area contributed by atoms with Gasteiger partial charge in [-0.05, 0) is 18.6 Å². The van der Waals surface area contributed by atoms with Crippen LogP contribution in [0.1, 0.15) is 25.7 Å². The van der Waals surface area contributed by atoms with Crippen molar-refractivity contribution >= 4 is 24.4 Å². The molecule has 0 bridgehead atoms. The molecule has 0 aromatic rings. The highest BCUT2D eigenvalue weighted by atomic mass is 32.1. The predicted molar refractivity (Wildman–Crippen MR) is 69.7 cm³/mol. The van der Waals surface area contributed by atoms with E-state index in [4.69, 9.17) is 20.3 Å². The highest BCUT2D eigenvalue weighted by molar-refractivity contribution is 7.80. The molecule has 0 aliphatic heterocycles. The molecule has 0 aromatic carbocycles. The van der Waals surface area contributed by atoms with Crippen LogP contribution >= 0.6 is 12.6 Å². The molecule has 3 N–H and O–H groups in total. The predicted octanol–water partition coefficient (Wildman–Crippen LogP) is 0.447. The van der Waals surface area contributed by atoms with Crippen molar-refractivity contribution in [1.82, 2.24) is 0 Å². The Hall–Kier alpha value is -0.630. The Bertz CT molecular complexity index is 283. The molecule has 0 aliphatic carbocycles. The summed E-state index contributed by atoms with van der Waals surface area (Å²) >= 11 is 3.98. The summed E-state index contributed by atoms with van der Waals surface area (Å²) in [6.07, 6.45) is 0.260. The van der Waals surface area contributed by atoms with E-state index in [2.05, 4.69) is 12.6 Å². The van der Waals surface area contributed by atoms with Crippen molar-refractivity contribution < 1.29 is 24.2 Å². The van der Waals surface area contributed by atoms with Gasteiger partial charge in [-0.15, -0.1) is 0 Å². The van der Waals surface area contributed by atoms with Gasteiger partial charge in [0.15, 0.2) is 17.6 Å². The highest BCUT2D eigenvalue weighted by Crippen LogP contribution is 2.17. The second-order valence-electron chi connectivity index (χ2n) is 3.97. The van der Waals surface area contributed by atoms with Gasteiger partial charge in [0, 0.05) is 27.1 Å². The number of carbonyl (C=O) groups excluding carboxylic acids is 1. The van der Waals surface area contributed by atoms with E-state index < -0.39 is 23.6 Å². The van der Waals surface area contributed by atoms with Gasteiger partial charge in [0.05, 0.1) is 0 Å². The molecule has 0 saturated carbocycles. The van der Waals surface area contributed by atoms with E-state index in [-0.39, 0.29) is 19.3 Å². The van der Waals surface area contributed by atoms with Crippen LogP contribution in [0.5, 0.6) is 0 Å². The quantitative estimate of drug-likeness (QED) is 0.305. The molecule has 0 heterocycles. The van der Waals surface area contributed by atoms with E-state index in [1.54, 1.807) is 0 Å². The van der Waals surface area contributed by atoms with Gasteiger partial charge in [-0.2, -0.15) is 12.6 Å². The maximum absolute atomic E-state index is 11.8. The second-order valence-corrected chi connectivity index (χ2v) is 4.41. The summed E-state index contributed by atoms with van der Waals surface area (Å²) in [5, 5.41) is 9.11. The summed E-state index contributed by atoms with van der Waals surface area (Å²) in [6, 6.07) is 0. The van der Waals surface area contributed by atoms with E-state index in [0.29, 0.717) is 12.2 Å². The van der Waals surface area contributed by atoms with E-state index in [0.717, 1.165) is 0 Å². The summed E-state index contributed by atoms with van der Waals surface area (Å²) in [5.41, 5.74) is 3.82. The molecule has 0 saturated heterocycles. The SMILES string of the molecule is COC(CCC(N)(C(=O)O)C(=O)CCCS)OC. The number of carbonyl (C=O) groups is 2. The Morgan fingerprint density at radius 3 is 2.33 bits per heavy atom. The molecule has 0 aromatic heterocycles. The fourth-order valence-electron chi connectivity index (χ4n) is 1.51. The lowest BCUT2D eigenvalue weighted by atomic mass is 9.87. The molecule has 0 amide bonds. The van der Waals surface area contributed by atoms with Crippen LogP contribution in [0.15, 0.2) is 0 Å². The van der Waals surface area contributed by atoms with Crippen LogP contribution in [0.4, 0.5) is 0 Å². The molecule has 0 radical (unpaired) electrons. The molecule has 7 heteroatoms. The lowest BCUT2D eigenvalue weighted by Gasteiger charge is -2.25. The third kappa shape index (κ3) is 4.93. The third-order valence-corrected chi connectivity index (χ3v) is 3.06. The van der Waals surface area contributed by atoms with Crippen molar-refractivity contribution in [3.63, 3.8) is 0 Å². The molecule has 0 rings (SSSR count). The topological polar surface area (TPSA) is 98.9 Å². The fraction of sp³-hybridized carbons (Fsp3) is 0.818. The zero-order chi connectivity index (χ0) is 14.2. The van der Waals surface area contributed by atoms with Crippen LogP contribution in [0.25, 0.3) is 0 Å². The summed E-state index contributed by atoms with van der Waals surface area (Å²) in [5.74, 6) is -1.30. The van der Waals surface area contributed by atoms with Crippen molar-refractivity contribution in [3.05, 3.63) is 0 Å².